The zero-order valence-electron chi connectivity index (χ0n) is 12.1. The summed E-state index contributed by atoms with van der Waals surface area (Å²) >= 11 is 0. The van der Waals surface area contributed by atoms with Crippen LogP contribution in [0, 0.1) is 6.92 Å². The summed E-state index contributed by atoms with van der Waals surface area (Å²) in [6.45, 7) is 3.01. The van der Waals surface area contributed by atoms with Crippen LogP contribution in [0.25, 0.3) is 10.9 Å². The van der Waals surface area contributed by atoms with Crippen molar-refractivity contribution in [1.29, 1.82) is 0 Å². The van der Waals surface area contributed by atoms with Gasteiger partial charge < -0.3 is 11.1 Å². The zero-order valence-corrected chi connectivity index (χ0v) is 12.1. The van der Waals surface area contributed by atoms with E-state index in [1.54, 1.807) is 6.20 Å². The number of rotatable bonds is 4. The van der Waals surface area contributed by atoms with Crippen LogP contribution in [0.5, 0.6) is 0 Å². The fraction of sp³-hybridized carbons (Fsp3) is 0.167. The fourth-order valence-corrected chi connectivity index (χ4v) is 2.55. The number of nitrogens with zero attached hydrogens (tertiary/aromatic N) is 1. The fourth-order valence-electron chi connectivity index (χ4n) is 2.55. The lowest BCUT2D eigenvalue weighted by molar-refractivity contribution is 1.01. The van der Waals surface area contributed by atoms with E-state index in [-0.39, 0.29) is 0 Å². The summed E-state index contributed by atoms with van der Waals surface area (Å²) in [4.78, 5) is 4.31. The van der Waals surface area contributed by atoms with Gasteiger partial charge in [-0.25, -0.2) is 0 Å². The smallest absolute Gasteiger partial charge is 0.0724 e. The number of nitrogens with two attached hydrogens (primary N) is 1. The van der Waals surface area contributed by atoms with Gasteiger partial charge in [-0.05, 0) is 48.7 Å². The van der Waals surface area contributed by atoms with Crippen LogP contribution in [-0.2, 0) is 6.42 Å². The van der Waals surface area contributed by atoms with E-state index in [0.29, 0.717) is 0 Å². The van der Waals surface area contributed by atoms with Crippen molar-refractivity contribution in [1.82, 2.24) is 4.98 Å². The van der Waals surface area contributed by atoms with Crippen LogP contribution in [-0.4, -0.2) is 11.5 Å². The molecule has 1 heterocycles. The second-order valence-electron chi connectivity index (χ2n) is 5.20. The lowest BCUT2D eigenvalue weighted by Gasteiger charge is -2.12. The lowest BCUT2D eigenvalue weighted by Crippen LogP contribution is -2.08. The Kier molecular flexibility index (Phi) is 3.73. The molecular weight excluding hydrogens is 258 g/mol. The summed E-state index contributed by atoms with van der Waals surface area (Å²) in [5.74, 6) is 0. The Balaban J connectivity index is 1.74. The molecule has 0 unspecified atom stereocenters. The molecule has 2 aromatic carbocycles. The van der Waals surface area contributed by atoms with Crippen molar-refractivity contribution in [3.05, 3.63) is 65.9 Å². The molecule has 3 aromatic rings. The Morgan fingerprint density at radius 1 is 1.05 bits per heavy atom. The van der Waals surface area contributed by atoms with E-state index in [4.69, 9.17) is 5.73 Å². The molecule has 0 bridgehead atoms. The maximum absolute atomic E-state index is 6.23. The van der Waals surface area contributed by atoms with Crippen LogP contribution in [0.3, 0.4) is 0 Å². The molecule has 106 valence electrons. The summed E-state index contributed by atoms with van der Waals surface area (Å²) < 4.78 is 0. The normalized spacial score (nSPS) is 10.7. The van der Waals surface area contributed by atoms with Crippen LogP contribution >= 0.6 is 0 Å². The third-order valence-corrected chi connectivity index (χ3v) is 3.80. The molecule has 3 nitrogen and oxygen atoms in total. The van der Waals surface area contributed by atoms with Gasteiger partial charge in [0.25, 0.3) is 0 Å². The second-order valence-corrected chi connectivity index (χ2v) is 5.20. The maximum atomic E-state index is 6.23. The first-order valence-corrected chi connectivity index (χ1v) is 7.17. The summed E-state index contributed by atoms with van der Waals surface area (Å²) in [6, 6.07) is 16.4. The maximum Gasteiger partial charge on any atom is 0.0724 e. The number of hydrogen-bond donors (Lipinski definition) is 2. The molecule has 21 heavy (non-hydrogen) atoms. The molecule has 1 aromatic heterocycles. The van der Waals surface area contributed by atoms with E-state index < -0.39 is 0 Å². The van der Waals surface area contributed by atoms with Crippen molar-refractivity contribution in [3.63, 3.8) is 0 Å². The summed E-state index contributed by atoms with van der Waals surface area (Å²) in [6.07, 6.45) is 2.77. The highest BCUT2D eigenvalue weighted by Gasteiger charge is 2.04. The van der Waals surface area contributed by atoms with E-state index in [2.05, 4.69) is 41.5 Å². The van der Waals surface area contributed by atoms with Crippen LogP contribution < -0.4 is 11.1 Å². The number of hydrogen-bond acceptors (Lipinski definition) is 3. The third kappa shape index (κ3) is 2.82. The first kappa shape index (κ1) is 13.4. The number of benzene rings is 2. The summed E-state index contributed by atoms with van der Waals surface area (Å²) in [5, 5.41) is 4.43. The number of nitrogen functional groups attached to an aromatic ring is 1. The zero-order chi connectivity index (χ0) is 14.7. The Hall–Kier alpha value is -2.55. The van der Waals surface area contributed by atoms with Gasteiger partial charge in [0, 0.05) is 18.1 Å². The van der Waals surface area contributed by atoms with Gasteiger partial charge in [0.1, 0.15) is 0 Å². The van der Waals surface area contributed by atoms with Crippen molar-refractivity contribution in [2.75, 3.05) is 17.6 Å². The molecular formula is C18H19N3. The van der Waals surface area contributed by atoms with Crippen molar-refractivity contribution < 1.29 is 0 Å². The molecule has 0 saturated carbocycles. The first-order valence-electron chi connectivity index (χ1n) is 7.17. The number of pyridine rings is 1. The van der Waals surface area contributed by atoms with Crippen LogP contribution in [0.1, 0.15) is 11.1 Å². The standard InChI is InChI=1S/C18H19N3/c1-13-5-2-3-6-14(13)10-12-21-17-9-8-16-15(18(17)19)7-4-11-20-16/h2-9,11,21H,10,12,19H2,1H3. The monoisotopic (exact) mass is 277 g/mol. The minimum Gasteiger partial charge on any atom is -0.397 e. The molecule has 0 fully saturated rings. The average molecular weight is 277 g/mol. The van der Waals surface area contributed by atoms with Gasteiger partial charge in [0.15, 0.2) is 0 Å². The van der Waals surface area contributed by atoms with Crippen molar-refractivity contribution in [3.8, 4) is 0 Å². The molecule has 0 atom stereocenters. The van der Waals surface area contributed by atoms with Gasteiger partial charge in [0.2, 0.25) is 0 Å². The van der Waals surface area contributed by atoms with E-state index in [9.17, 15) is 0 Å². The van der Waals surface area contributed by atoms with E-state index in [1.165, 1.54) is 11.1 Å². The third-order valence-electron chi connectivity index (χ3n) is 3.80. The second kappa shape index (κ2) is 5.83. The Bertz CT molecular complexity index is 765. The molecule has 3 heteroatoms. The predicted molar refractivity (Wildman–Crippen MR) is 89.5 cm³/mol. The minimum atomic E-state index is 0.769. The largest absolute Gasteiger partial charge is 0.397 e. The van der Waals surface area contributed by atoms with Crippen LogP contribution in [0.2, 0.25) is 0 Å². The number of nitrogens with one attached hydrogen (secondary N) is 1. The predicted octanol–water partition coefficient (Wildman–Crippen LogP) is 3.78. The van der Waals surface area contributed by atoms with Gasteiger partial charge in [0.05, 0.1) is 16.9 Å². The number of aromatic nitrogens is 1. The van der Waals surface area contributed by atoms with Crippen molar-refractivity contribution in [2.45, 2.75) is 13.3 Å². The first-order chi connectivity index (χ1) is 10.3. The highest BCUT2D eigenvalue weighted by Crippen LogP contribution is 2.27. The van der Waals surface area contributed by atoms with Crippen molar-refractivity contribution >= 4 is 22.3 Å². The SMILES string of the molecule is Cc1ccccc1CCNc1ccc2ncccc2c1N. The molecule has 0 amide bonds. The van der Waals surface area contributed by atoms with Crippen molar-refractivity contribution in [2.24, 2.45) is 0 Å². The Morgan fingerprint density at radius 3 is 2.76 bits per heavy atom. The minimum absolute atomic E-state index is 0.769. The lowest BCUT2D eigenvalue weighted by atomic mass is 10.1. The summed E-state index contributed by atoms with van der Waals surface area (Å²) in [5.41, 5.74) is 11.6. The van der Waals surface area contributed by atoms with E-state index in [0.717, 1.165) is 35.2 Å². The molecule has 0 saturated heterocycles. The van der Waals surface area contributed by atoms with Crippen LogP contribution in [0.15, 0.2) is 54.7 Å². The number of aryl methyl sites for hydroxylation is 1. The number of anilines is 2. The average Bonchev–Trinajstić information content (AvgIpc) is 2.52. The highest BCUT2D eigenvalue weighted by molar-refractivity contribution is 5.96. The van der Waals surface area contributed by atoms with Gasteiger partial charge in [-0.15, -0.1) is 0 Å². The van der Waals surface area contributed by atoms with E-state index in [1.807, 2.05) is 24.3 Å². The Labute approximate surface area is 124 Å². The molecule has 0 aliphatic rings. The van der Waals surface area contributed by atoms with Gasteiger partial charge in [-0.3, -0.25) is 4.98 Å². The molecule has 0 radical (unpaired) electrons. The number of fused-ring (bicyclic) bond motifs is 1. The molecule has 3 N–H and O–H groups in total. The molecule has 0 aliphatic heterocycles. The Morgan fingerprint density at radius 2 is 1.90 bits per heavy atom. The summed E-state index contributed by atoms with van der Waals surface area (Å²) in [7, 11) is 0. The molecule has 0 spiro atoms. The van der Waals surface area contributed by atoms with Gasteiger partial charge >= 0.3 is 0 Å². The van der Waals surface area contributed by atoms with E-state index >= 15 is 0 Å². The topological polar surface area (TPSA) is 50.9 Å². The quantitative estimate of drug-likeness (QED) is 0.713. The highest BCUT2D eigenvalue weighted by atomic mass is 14.9. The van der Waals surface area contributed by atoms with Crippen LogP contribution in [0.4, 0.5) is 11.4 Å². The van der Waals surface area contributed by atoms with Gasteiger partial charge in [-0.1, -0.05) is 24.3 Å². The van der Waals surface area contributed by atoms with Gasteiger partial charge in [-0.2, -0.15) is 0 Å². The molecule has 3 rings (SSSR count). The molecule has 0 aliphatic carbocycles.